The molecule has 4 nitrogen and oxygen atoms in total. The van der Waals surface area contributed by atoms with Gasteiger partial charge in [-0.1, -0.05) is 0 Å². The lowest BCUT2D eigenvalue weighted by Gasteiger charge is -2.01. The van der Waals surface area contributed by atoms with Crippen molar-refractivity contribution in [2.24, 2.45) is 0 Å². The van der Waals surface area contributed by atoms with Crippen LogP contribution >= 0.6 is 0 Å². The van der Waals surface area contributed by atoms with Crippen molar-refractivity contribution in [1.29, 1.82) is 0 Å². The highest BCUT2D eigenvalue weighted by molar-refractivity contribution is 5.87. The Kier molecular flexibility index (Phi) is 2.25. The van der Waals surface area contributed by atoms with Crippen LogP contribution < -0.4 is 4.74 Å². The van der Waals surface area contributed by atoms with E-state index in [2.05, 4.69) is 0 Å². The van der Waals surface area contributed by atoms with E-state index in [1.807, 2.05) is 0 Å². The molecule has 0 aliphatic heterocycles. The molecule has 0 aliphatic rings. The average Bonchev–Trinajstić information content (AvgIpc) is 2.58. The normalized spacial score (nSPS) is 10.2. The quantitative estimate of drug-likeness (QED) is 0.423. The van der Waals surface area contributed by atoms with Crippen LogP contribution in [0.1, 0.15) is 6.92 Å². The fourth-order valence-corrected chi connectivity index (χ4v) is 1.46. The number of carbonyl (C=O) groups excluding carboxylic acids is 2. The van der Waals surface area contributed by atoms with E-state index in [0.29, 0.717) is 5.75 Å². The van der Waals surface area contributed by atoms with E-state index in [9.17, 15) is 9.59 Å². The lowest BCUT2D eigenvalue weighted by Crippen LogP contribution is -2.01. The van der Waals surface area contributed by atoms with Crippen molar-refractivity contribution in [2.45, 2.75) is 6.92 Å². The maximum atomic E-state index is 10.7. The van der Waals surface area contributed by atoms with Crippen molar-refractivity contribution in [3.63, 3.8) is 0 Å². The van der Waals surface area contributed by atoms with E-state index in [0.717, 1.165) is 17.3 Å². The molecule has 0 saturated heterocycles. The predicted octanol–water partition coefficient (Wildman–Crippen LogP) is 1.60. The standard InChI is InChI=1S/C11H9NO3/c1-8(14)15-10-2-3-11-9(6-10)4-5-12(11)7-13/h2-7H,1H3. The summed E-state index contributed by atoms with van der Waals surface area (Å²) < 4.78 is 6.39. The van der Waals surface area contributed by atoms with Gasteiger partial charge < -0.3 is 4.74 Å². The summed E-state index contributed by atoms with van der Waals surface area (Å²) in [6.07, 6.45) is 2.39. The van der Waals surface area contributed by atoms with Crippen LogP contribution in [-0.4, -0.2) is 16.9 Å². The highest BCUT2D eigenvalue weighted by Crippen LogP contribution is 2.21. The third-order valence-corrected chi connectivity index (χ3v) is 2.07. The molecule has 1 heterocycles. The number of rotatable bonds is 2. The molecule has 0 saturated carbocycles. The molecule has 0 unspecified atom stereocenters. The maximum Gasteiger partial charge on any atom is 0.308 e. The largest absolute Gasteiger partial charge is 0.427 e. The molecule has 0 atom stereocenters. The molecule has 2 rings (SSSR count). The van der Waals surface area contributed by atoms with Gasteiger partial charge in [-0.25, -0.2) is 0 Å². The molecule has 1 aromatic carbocycles. The smallest absolute Gasteiger partial charge is 0.308 e. The second-order valence-corrected chi connectivity index (χ2v) is 3.14. The van der Waals surface area contributed by atoms with Crippen molar-refractivity contribution >= 4 is 23.3 Å². The minimum Gasteiger partial charge on any atom is -0.427 e. The highest BCUT2D eigenvalue weighted by Gasteiger charge is 2.03. The Morgan fingerprint density at radius 2 is 2.20 bits per heavy atom. The molecule has 0 amide bonds. The Balaban J connectivity index is 2.48. The molecule has 0 fully saturated rings. The van der Waals surface area contributed by atoms with Crippen LogP contribution in [0.4, 0.5) is 0 Å². The Morgan fingerprint density at radius 1 is 1.40 bits per heavy atom. The van der Waals surface area contributed by atoms with Crippen LogP contribution in [0, 0.1) is 0 Å². The average molecular weight is 203 g/mol. The molecule has 0 N–H and O–H groups in total. The first kappa shape index (κ1) is 9.45. The molecule has 0 spiro atoms. The van der Waals surface area contributed by atoms with Gasteiger partial charge in [-0.15, -0.1) is 0 Å². The number of ether oxygens (including phenoxy) is 1. The fraction of sp³-hybridized carbons (Fsp3) is 0.0909. The Bertz CT molecular complexity index is 528. The molecular formula is C11H9NO3. The number of benzene rings is 1. The number of esters is 1. The number of hydrogen-bond donors (Lipinski definition) is 0. The van der Waals surface area contributed by atoms with Crippen molar-refractivity contribution in [2.75, 3.05) is 0 Å². The van der Waals surface area contributed by atoms with Gasteiger partial charge in [0.1, 0.15) is 5.75 Å². The van der Waals surface area contributed by atoms with Gasteiger partial charge in [0.25, 0.3) is 0 Å². The van der Waals surface area contributed by atoms with Gasteiger partial charge in [0, 0.05) is 18.5 Å². The monoisotopic (exact) mass is 203 g/mol. The second-order valence-electron chi connectivity index (χ2n) is 3.14. The lowest BCUT2D eigenvalue weighted by atomic mass is 10.2. The number of aromatic nitrogens is 1. The zero-order valence-electron chi connectivity index (χ0n) is 8.14. The number of carbonyl (C=O) groups is 2. The Labute approximate surface area is 86.1 Å². The lowest BCUT2D eigenvalue weighted by molar-refractivity contribution is -0.131. The van der Waals surface area contributed by atoms with E-state index in [4.69, 9.17) is 4.74 Å². The molecule has 1 aromatic heterocycles. The van der Waals surface area contributed by atoms with Crippen LogP contribution in [0.2, 0.25) is 0 Å². The molecule has 2 aromatic rings. The topological polar surface area (TPSA) is 48.3 Å². The van der Waals surface area contributed by atoms with Crippen LogP contribution in [0.15, 0.2) is 30.5 Å². The van der Waals surface area contributed by atoms with E-state index in [1.54, 1.807) is 30.5 Å². The van der Waals surface area contributed by atoms with E-state index < -0.39 is 0 Å². The van der Waals surface area contributed by atoms with Crippen LogP contribution in [0.3, 0.4) is 0 Å². The first-order valence-electron chi connectivity index (χ1n) is 4.45. The van der Waals surface area contributed by atoms with Gasteiger partial charge in [0.15, 0.2) is 0 Å². The van der Waals surface area contributed by atoms with Crippen molar-refractivity contribution in [3.05, 3.63) is 30.5 Å². The number of nitrogens with zero attached hydrogens (tertiary/aromatic N) is 1. The van der Waals surface area contributed by atoms with Crippen LogP contribution in [0.25, 0.3) is 10.9 Å². The zero-order valence-corrected chi connectivity index (χ0v) is 8.14. The van der Waals surface area contributed by atoms with Crippen LogP contribution in [0.5, 0.6) is 5.75 Å². The first-order valence-corrected chi connectivity index (χ1v) is 4.45. The number of fused-ring (bicyclic) bond motifs is 1. The summed E-state index contributed by atoms with van der Waals surface area (Å²) in [6, 6.07) is 6.90. The van der Waals surface area contributed by atoms with Crippen LogP contribution in [-0.2, 0) is 9.59 Å². The maximum absolute atomic E-state index is 10.7. The second kappa shape index (κ2) is 3.57. The predicted molar refractivity (Wildman–Crippen MR) is 55.4 cm³/mol. The Hall–Kier alpha value is -2.10. The molecule has 4 heteroatoms. The third-order valence-electron chi connectivity index (χ3n) is 2.07. The summed E-state index contributed by atoms with van der Waals surface area (Å²) in [5.41, 5.74) is 0.793. The zero-order chi connectivity index (χ0) is 10.8. The minimum atomic E-state index is -0.357. The van der Waals surface area contributed by atoms with E-state index >= 15 is 0 Å². The minimum absolute atomic E-state index is 0.357. The highest BCUT2D eigenvalue weighted by atomic mass is 16.5. The Morgan fingerprint density at radius 3 is 2.87 bits per heavy atom. The van der Waals surface area contributed by atoms with Gasteiger partial charge in [-0.05, 0) is 24.3 Å². The molecular weight excluding hydrogens is 194 g/mol. The van der Waals surface area contributed by atoms with Gasteiger partial charge in [-0.3, -0.25) is 14.2 Å². The number of hydrogen-bond acceptors (Lipinski definition) is 3. The summed E-state index contributed by atoms with van der Waals surface area (Å²) in [7, 11) is 0. The van der Waals surface area contributed by atoms with Gasteiger partial charge in [0.2, 0.25) is 6.41 Å². The van der Waals surface area contributed by atoms with Gasteiger partial charge in [0.05, 0.1) is 5.52 Å². The molecule has 15 heavy (non-hydrogen) atoms. The van der Waals surface area contributed by atoms with E-state index in [1.165, 1.54) is 11.5 Å². The molecule has 0 bridgehead atoms. The summed E-state index contributed by atoms with van der Waals surface area (Å²) >= 11 is 0. The van der Waals surface area contributed by atoms with E-state index in [-0.39, 0.29) is 5.97 Å². The van der Waals surface area contributed by atoms with Gasteiger partial charge >= 0.3 is 5.97 Å². The third kappa shape index (κ3) is 1.74. The van der Waals surface area contributed by atoms with Crippen molar-refractivity contribution in [3.8, 4) is 5.75 Å². The molecule has 0 aliphatic carbocycles. The summed E-state index contributed by atoms with van der Waals surface area (Å²) in [6.45, 7) is 1.35. The van der Waals surface area contributed by atoms with Gasteiger partial charge in [-0.2, -0.15) is 0 Å². The summed E-state index contributed by atoms with van der Waals surface area (Å²) in [5.74, 6) is 0.128. The SMILES string of the molecule is CC(=O)Oc1ccc2c(ccn2C=O)c1. The summed E-state index contributed by atoms with van der Waals surface area (Å²) in [5, 5.41) is 0.862. The fourth-order valence-electron chi connectivity index (χ4n) is 1.46. The van der Waals surface area contributed by atoms with Crippen molar-refractivity contribution < 1.29 is 14.3 Å². The summed E-state index contributed by atoms with van der Waals surface area (Å²) in [4.78, 5) is 21.3. The van der Waals surface area contributed by atoms with Crippen molar-refractivity contribution in [1.82, 2.24) is 4.57 Å². The molecule has 0 radical (unpaired) electrons. The first-order chi connectivity index (χ1) is 7.20. The molecule has 76 valence electrons.